The maximum atomic E-state index is 13.6. The third kappa shape index (κ3) is 5.81. The predicted molar refractivity (Wildman–Crippen MR) is 107 cm³/mol. The van der Waals surface area contributed by atoms with E-state index in [1.54, 1.807) is 49.5 Å². The molecule has 0 aliphatic rings. The Morgan fingerprint density at radius 3 is 2.39 bits per heavy atom. The molecule has 5 nitrogen and oxygen atoms in total. The van der Waals surface area contributed by atoms with Crippen LogP contribution in [-0.4, -0.2) is 43.0 Å². The van der Waals surface area contributed by atoms with Crippen molar-refractivity contribution in [2.24, 2.45) is 5.92 Å². The number of amides is 2. The van der Waals surface area contributed by atoms with Crippen molar-refractivity contribution in [1.29, 1.82) is 0 Å². The highest BCUT2D eigenvalue weighted by Crippen LogP contribution is 2.16. The Bertz CT molecular complexity index is 782. The molecule has 0 unspecified atom stereocenters. The van der Waals surface area contributed by atoms with Gasteiger partial charge in [0.15, 0.2) is 11.6 Å². The number of nitrogens with one attached hydrogen (secondary N) is 1. The van der Waals surface area contributed by atoms with Crippen LogP contribution >= 0.6 is 0 Å². The topological polar surface area (TPSA) is 58.6 Å². The highest BCUT2D eigenvalue weighted by Gasteiger charge is 2.28. The standard InChI is InChI=1S/C22H27FN2O3/c1-4-16(2)20(24-21(26)17-10-6-5-7-11-17)22(27)25(3)14-15-28-19-13-9-8-12-18(19)23/h5-13,16,20H,4,14-15H2,1-3H3,(H,24,26)/t16-,20-/m0/s1. The molecule has 0 spiro atoms. The Kier molecular flexibility index (Phi) is 7.99. The van der Waals surface area contributed by atoms with Crippen molar-refractivity contribution in [3.05, 3.63) is 66.0 Å². The zero-order chi connectivity index (χ0) is 20.5. The molecule has 0 saturated heterocycles. The summed E-state index contributed by atoms with van der Waals surface area (Å²) in [4.78, 5) is 26.9. The van der Waals surface area contributed by atoms with Crippen LogP contribution in [0.25, 0.3) is 0 Å². The molecule has 0 heterocycles. The number of hydrogen-bond acceptors (Lipinski definition) is 3. The van der Waals surface area contributed by atoms with Gasteiger partial charge in [-0.1, -0.05) is 50.6 Å². The monoisotopic (exact) mass is 386 g/mol. The van der Waals surface area contributed by atoms with E-state index in [2.05, 4.69) is 5.32 Å². The molecule has 0 bridgehead atoms. The van der Waals surface area contributed by atoms with E-state index in [4.69, 9.17) is 4.74 Å². The quantitative estimate of drug-likeness (QED) is 0.718. The molecule has 2 rings (SSSR count). The predicted octanol–water partition coefficient (Wildman–Crippen LogP) is 3.51. The molecule has 1 N–H and O–H groups in total. The summed E-state index contributed by atoms with van der Waals surface area (Å²) in [6, 6.07) is 14.3. The molecule has 2 amide bonds. The van der Waals surface area contributed by atoms with Crippen LogP contribution in [0.1, 0.15) is 30.6 Å². The van der Waals surface area contributed by atoms with E-state index in [1.807, 2.05) is 19.9 Å². The number of hydrogen-bond donors (Lipinski definition) is 1. The maximum absolute atomic E-state index is 13.6. The van der Waals surface area contributed by atoms with Gasteiger partial charge in [0.25, 0.3) is 5.91 Å². The van der Waals surface area contributed by atoms with Gasteiger partial charge in [-0.15, -0.1) is 0 Å². The lowest BCUT2D eigenvalue weighted by Gasteiger charge is -2.28. The first-order valence-corrected chi connectivity index (χ1v) is 9.42. The van der Waals surface area contributed by atoms with E-state index >= 15 is 0 Å². The van der Waals surface area contributed by atoms with Crippen molar-refractivity contribution in [3.8, 4) is 5.75 Å². The number of rotatable bonds is 9. The largest absolute Gasteiger partial charge is 0.489 e. The number of likely N-dealkylation sites (N-methyl/N-ethyl adjacent to an activating group) is 1. The average molecular weight is 386 g/mol. The summed E-state index contributed by atoms with van der Waals surface area (Å²) in [7, 11) is 1.65. The van der Waals surface area contributed by atoms with Crippen molar-refractivity contribution in [2.45, 2.75) is 26.3 Å². The number of para-hydroxylation sites is 1. The Morgan fingerprint density at radius 1 is 1.11 bits per heavy atom. The second-order valence-corrected chi connectivity index (χ2v) is 6.74. The first-order valence-electron chi connectivity index (χ1n) is 9.42. The summed E-state index contributed by atoms with van der Waals surface area (Å²) in [5.74, 6) is -0.801. The van der Waals surface area contributed by atoms with Crippen LogP contribution in [0.4, 0.5) is 4.39 Å². The Balaban J connectivity index is 1.97. The zero-order valence-electron chi connectivity index (χ0n) is 16.5. The number of carbonyl (C=O) groups is 2. The normalized spacial score (nSPS) is 12.7. The Hall–Kier alpha value is -2.89. The third-order valence-corrected chi connectivity index (χ3v) is 4.70. The summed E-state index contributed by atoms with van der Waals surface area (Å²) < 4.78 is 19.0. The second kappa shape index (κ2) is 10.4. The summed E-state index contributed by atoms with van der Waals surface area (Å²) in [5, 5.41) is 2.85. The second-order valence-electron chi connectivity index (χ2n) is 6.74. The van der Waals surface area contributed by atoms with Gasteiger partial charge >= 0.3 is 0 Å². The van der Waals surface area contributed by atoms with E-state index < -0.39 is 11.9 Å². The molecule has 2 aromatic carbocycles. The highest BCUT2D eigenvalue weighted by atomic mass is 19.1. The fraction of sp³-hybridized carbons (Fsp3) is 0.364. The summed E-state index contributed by atoms with van der Waals surface area (Å²) >= 11 is 0. The van der Waals surface area contributed by atoms with Gasteiger partial charge in [-0.05, 0) is 30.2 Å². The van der Waals surface area contributed by atoms with Gasteiger partial charge in [-0.3, -0.25) is 9.59 Å². The molecule has 0 aromatic heterocycles. The lowest BCUT2D eigenvalue weighted by Crippen LogP contribution is -2.51. The van der Waals surface area contributed by atoms with E-state index in [1.165, 1.54) is 11.0 Å². The number of halogens is 1. The first kappa shape index (κ1) is 21.4. The van der Waals surface area contributed by atoms with Crippen molar-refractivity contribution in [1.82, 2.24) is 10.2 Å². The lowest BCUT2D eigenvalue weighted by molar-refractivity contribution is -0.133. The number of carbonyl (C=O) groups excluding carboxylic acids is 2. The Labute approximate surface area is 165 Å². The molecule has 28 heavy (non-hydrogen) atoms. The average Bonchev–Trinajstić information content (AvgIpc) is 2.72. The summed E-state index contributed by atoms with van der Waals surface area (Å²) in [5.41, 5.74) is 0.508. The van der Waals surface area contributed by atoms with Crippen molar-refractivity contribution < 1.29 is 18.7 Å². The third-order valence-electron chi connectivity index (χ3n) is 4.70. The van der Waals surface area contributed by atoms with Crippen LogP contribution in [0, 0.1) is 11.7 Å². The molecule has 2 aromatic rings. The minimum atomic E-state index is -0.642. The van der Waals surface area contributed by atoms with Gasteiger partial charge in [-0.25, -0.2) is 4.39 Å². The SMILES string of the molecule is CC[C@H](C)[C@H](NC(=O)c1ccccc1)C(=O)N(C)CCOc1ccccc1F. The first-order chi connectivity index (χ1) is 13.4. The van der Waals surface area contributed by atoms with Gasteiger partial charge in [-0.2, -0.15) is 0 Å². The molecular weight excluding hydrogens is 359 g/mol. The fourth-order valence-corrected chi connectivity index (χ4v) is 2.70. The van der Waals surface area contributed by atoms with Crippen LogP contribution in [0.2, 0.25) is 0 Å². The van der Waals surface area contributed by atoms with Crippen LogP contribution < -0.4 is 10.1 Å². The van der Waals surface area contributed by atoms with Crippen LogP contribution in [0.3, 0.4) is 0 Å². The molecule has 0 aliphatic carbocycles. The molecule has 0 radical (unpaired) electrons. The molecule has 0 fully saturated rings. The van der Waals surface area contributed by atoms with Crippen LogP contribution in [0.5, 0.6) is 5.75 Å². The van der Waals surface area contributed by atoms with E-state index in [0.717, 1.165) is 6.42 Å². The van der Waals surface area contributed by atoms with E-state index in [-0.39, 0.29) is 36.6 Å². The van der Waals surface area contributed by atoms with Crippen LogP contribution in [0.15, 0.2) is 54.6 Å². The smallest absolute Gasteiger partial charge is 0.251 e. The minimum absolute atomic E-state index is 0.0323. The summed E-state index contributed by atoms with van der Waals surface area (Å²) in [6.45, 7) is 4.34. The Morgan fingerprint density at radius 2 is 1.75 bits per heavy atom. The number of ether oxygens (including phenoxy) is 1. The molecular formula is C22H27FN2O3. The number of nitrogens with zero attached hydrogens (tertiary/aromatic N) is 1. The van der Waals surface area contributed by atoms with Crippen molar-refractivity contribution >= 4 is 11.8 Å². The molecule has 0 aliphatic heterocycles. The molecule has 150 valence electrons. The molecule has 0 saturated carbocycles. The highest BCUT2D eigenvalue weighted by molar-refractivity contribution is 5.97. The van der Waals surface area contributed by atoms with Crippen LogP contribution in [-0.2, 0) is 4.79 Å². The fourth-order valence-electron chi connectivity index (χ4n) is 2.70. The molecule has 2 atom stereocenters. The molecule has 6 heteroatoms. The van der Waals surface area contributed by atoms with E-state index in [0.29, 0.717) is 5.56 Å². The van der Waals surface area contributed by atoms with Gasteiger partial charge < -0.3 is 15.0 Å². The number of benzene rings is 2. The van der Waals surface area contributed by atoms with Gasteiger partial charge in [0.05, 0.1) is 6.54 Å². The van der Waals surface area contributed by atoms with Gasteiger partial charge in [0.2, 0.25) is 5.91 Å². The summed E-state index contributed by atoms with van der Waals surface area (Å²) in [6.07, 6.45) is 0.741. The van der Waals surface area contributed by atoms with E-state index in [9.17, 15) is 14.0 Å². The maximum Gasteiger partial charge on any atom is 0.251 e. The van der Waals surface area contributed by atoms with Crippen molar-refractivity contribution in [3.63, 3.8) is 0 Å². The van der Waals surface area contributed by atoms with Gasteiger partial charge in [0, 0.05) is 12.6 Å². The van der Waals surface area contributed by atoms with Gasteiger partial charge in [0.1, 0.15) is 12.6 Å². The van der Waals surface area contributed by atoms with Crippen molar-refractivity contribution in [2.75, 3.05) is 20.2 Å². The zero-order valence-corrected chi connectivity index (χ0v) is 16.5. The lowest BCUT2D eigenvalue weighted by atomic mass is 9.97. The minimum Gasteiger partial charge on any atom is -0.489 e.